The molecule has 256 valence electrons. The second-order valence-electron chi connectivity index (χ2n) is 13.3. The van der Waals surface area contributed by atoms with Crippen LogP contribution in [0.25, 0.3) is 9.75 Å². The molecule has 50 heavy (non-hydrogen) atoms. The number of hydrogen-bond donors (Lipinski definition) is 2. The number of thiophene rings is 2. The van der Waals surface area contributed by atoms with Crippen molar-refractivity contribution in [2.75, 3.05) is 53.3 Å². The van der Waals surface area contributed by atoms with Crippen molar-refractivity contribution in [3.05, 3.63) is 111 Å². The standard InChI is InChI=1S/C38H35F2N5O3S2/c1-23-16-26(35(42-19-23)44-21-38(22-44)10-13-48-14-11-38)20-41-28-5-2-24(3-6-28)37(47)45-12-8-25-17-32(50-33(25)34-31(45)9-15-49-34)36(46)43-30-7-4-27(39)18-29(30)40/h2-7,9,15-19,41H,8,10-14,20-22H2,1H3,(H,43,46). The summed E-state index contributed by atoms with van der Waals surface area (Å²) in [5, 5.41) is 8.03. The Morgan fingerprint density at radius 2 is 1.80 bits per heavy atom. The third kappa shape index (κ3) is 6.27. The molecule has 2 amide bonds. The molecular weight excluding hydrogens is 677 g/mol. The molecule has 0 aliphatic carbocycles. The molecule has 0 saturated carbocycles. The summed E-state index contributed by atoms with van der Waals surface area (Å²) < 4.78 is 33.1. The van der Waals surface area contributed by atoms with Crippen molar-refractivity contribution in [1.82, 2.24) is 4.98 Å². The van der Waals surface area contributed by atoms with Crippen molar-refractivity contribution in [2.45, 2.75) is 32.7 Å². The fourth-order valence-electron chi connectivity index (χ4n) is 7.10. The minimum absolute atomic E-state index is 0.0815. The number of benzene rings is 2. The van der Waals surface area contributed by atoms with Crippen LogP contribution < -0.4 is 20.4 Å². The minimum Gasteiger partial charge on any atom is -0.381 e. The van der Waals surface area contributed by atoms with Crippen LogP contribution in [-0.2, 0) is 17.7 Å². The zero-order valence-electron chi connectivity index (χ0n) is 27.4. The molecule has 0 radical (unpaired) electrons. The van der Waals surface area contributed by atoms with Gasteiger partial charge in [-0.05, 0) is 97.3 Å². The van der Waals surface area contributed by atoms with E-state index in [1.807, 2.05) is 41.9 Å². The van der Waals surface area contributed by atoms with E-state index in [2.05, 4.69) is 28.5 Å². The predicted octanol–water partition coefficient (Wildman–Crippen LogP) is 8.14. The van der Waals surface area contributed by atoms with Crippen LogP contribution in [0.2, 0.25) is 0 Å². The number of amides is 2. The molecule has 3 aliphatic rings. The van der Waals surface area contributed by atoms with Crippen LogP contribution in [-0.4, -0.2) is 49.6 Å². The summed E-state index contributed by atoms with van der Waals surface area (Å²) in [5.41, 5.74) is 5.79. The Labute approximate surface area is 296 Å². The second kappa shape index (κ2) is 13.2. The average Bonchev–Trinajstić information content (AvgIpc) is 3.73. The van der Waals surface area contributed by atoms with Gasteiger partial charge in [0.1, 0.15) is 17.5 Å². The summed E-state index contributed by atoms with van der Waals surface area (Å²) in [4.78, 5) is 38.2. The lowest BCUT2D eigenvalue weighted by atomic mass is 9.73. The van der Waals surface area contributed by atoms with E-state index < -0.39 is 17.5 Å². The van der Waals surface area contributed by atoms with Crippen LogP contribution in [0.15, 0.2) is 72.2 Å². The first-order valence-corrected chi connectivity index (χ1v) is 18.4. The summed E-state index contributed by atoms with van der Waals surface area (Å²) in [6, 6.07) is 16.6. The number of aromatic nitrogens is 1. The number of carbonyl (C=O) groups is 2. The van der Waals surface area contributed by atoms with Gasteiger partial charge in [-0.3, -0.25) is 9.59 Å². The minimum atomic E-state index is -0.835. The lowest BCUT2D eigenvalue weighted by Gasteiger charge is -2.53. The molecule has 3 aromatic heterocycles. The Bertz CT molecular complexity index is 2080. The molecule has 0 unspecified atom stereocenters. The zero-order valence-corrected chi connectivity index (χ0v) is 29.1. The van der Waals surface area contributed by atoms with Crippen LogP contribution in [0, 0.1) is 24.0 Å². The van der Waals surface area contributed by atoms with E-state index in [1.165, 1.54) is 28.7 Å². The topological polar surface area (TPSA) is 86.8 Å². The Kier molecular flexibility index (Phi) is 8.62. The smallest absolute Gasteiger partial charge is 0.265 e. The van der Waals surface area contributed by atoms with Gasteiger partial charge in [-0.1, -0.05) is 0 Å². The fraction of sp³-hybridized carbons (Fsp3) is 0.289. The molecule has 8 rings (SSSR count). The highest BCUT2D eigenvalue weighted by Gasteiger charge is 2.44. The van der Waals surface area contributed by atoms with Gasteiger partial charge in [0.25, 0.3) is 11.8 Å². The van der Waals surface area contributed by atoms with Crippen molar-refractivity contribution < 1.29 is 23.1 Å². The maximum absolute atomic E-state index is 14.2. The molecule has 2 fully saturated rings. The van der Waals surface area contributed by atoms with E-state index in [0.717, 1.165) is 94.9 Å². The number of hydrogen-bond acceptors (Lipinski definition) is 8. The Balaban J connectivity index is 0.938. The molecule has 2 saturated heterocycles. The van der Waals surface area contributed by atoms with E-state index in [0.29, 0.717) is 35.4 Å². The molecule has 3 aliphatic heterocycles. The number of nitrogens with one attached hydrogen (secondary N) is 2. The molecule has 0 atom stereocenters. The highest BCUT2D eigenvalue weighted by atomic mass is 32.1. The van der Waals surface area contributed by atoms with Crippen LogP contribution in [0.3, 0.4) is 0 Å². The van der Waals surface area contributed by atoms with E-state index >= 15 is 0 Å². The largest absolute Gasteiger partial charge is 0.381 e. The average molecular weight is 712 g/mol. The van der Waals surface area contributed by atoms with Gasteiger partial charge in [0, 0.05) is 73.9 Å². The SMILES string of the molecule is Cc1cnc(N2CC3(CCOCC3)C2)c(CNc2ccc(C(=O)N3CCc4cc(C(=O)Nc5ccc(F)cc5F)sc4-c4sccc43)cc2)c1. The molecule has 0 bridgehead atoms. The Morgan fingerprint density at radius 1 is 1.00 bits per heavy atom. The molecule has 6 heterocycles. The monoisotopic (exact) mass is 711 g/mol. The molecular formula is C38H35F2N5O3S2. The molecule has 8 nitrogen and oxygen atoms in total. The Morgan fingerprint density at radius 3 is 2.58 bits per heavy atom. The van der Waals surface area contributed by atoms with Crippen molar-refractivity contribution in [2.24, 2.45) is 5.41 Å². The van der Waals surface area contributed by atoms with Crippen molar-refractivity contribution >= 4 is 57.4 Å². The van der Waals surface area contributed by atoms with E-state index in [1.54, 1.807) is 11.0 Å². The highest BCUT2D eigenvalue weighted by molar-refractivity contribution is 7.23. The van der Waals surface area contributed by atoms with Crippen molar-refractivity contribution in [3.63, 3.8) is 0 Å². The van der Waals surface area contributed by atoms with Gasteiger partial charge < -0.3 is 25.2 Å². The molecule has 2 aromatic carbocycles. The fourth-order valence-corrected chi connectivity index (χ4v) is 9.29. The number of halogens is 2. The number of aryl methyl sites for hydroxylation is 1. The van der Waals surface area contributed by atoms with Gasteiger partial charge in [-0.15, -0.1) is 22.7 Å². The predicted molar refractivity (Wildman–Crippen MR) is 195 cm³/mol. The first-order chi connectivity index (χ1) is 24.2. The number of pyridine rings is 1. The van der Waals surface area contributed by atoms with Crippen LogP contribution in [0.1, 0.15) is 49.6 Å². The summed E-state index contributed by atoms with van der Waals surface area (Å²) >= 11 is 2.82. The first-order valence-electron chi connectivity index (χ1n) is 16.7. The number of fused-ring (bicyclic) bond motifs is 3. The lowest BCUT2D eigenvalue weighted by Crippen LogP contribution is -2.59. The van der Waals surface area contributed by atoms with Crippen molar-refractivity contribution in [3.8, 4) is 9.75 Å². The van der Waals surface area contributed by atoms with Gasteiger partial charge in [0.05, 0.1) is 26.0 Å². The van der Waals surface area contributed by atoms with Gasteiger partial charge in [0.15, 0.2) is 0 Å². The van der Waals surface area contributed by atoms with Crippen molar-refractivity contribution in [1.29, 1.82) is 0 Å². The van der Waals surface area contributed by atoms with E-state index in [-0.39, 0.29) is 11.6 Å². The van der Waals surface area contributed by atoms with Crippen LogP contribution in [0.5, 0.6) is 0 Å². The van der Waals surface area contributed by atoms with E-state index in [4.69, 9.17) is 9.72 Å². The van der Waals surface area contributed by atoms with Crippen LogP contribution >= 0.6 is 22.7 Å². The number of ether oxygens (including phenoxy) is 1. The third-order valence-electron chi connectivity index (χ3n) is 9.80. The number of nitrogens with zero attached hydrogens (tertiary/aromatic N) is 3. The van der Waals surface area contributed by atoms with Gasteiger partial charge >= 0.3 is 0 Å². The summed E-state index contributed by atoms with van der Waals surface area (Å²) in [7, 11) is 0. The Hall–Kier alpha value is -4.65. The first kappa shape index (κ1) is 32.5. The summed E-state index contributed by atoms with van der Waals surface area (Å²) in [6.45, 7) is 6.84. The quantitative estimate of drug-likeness (QED) is 0.177. The highest BCUT2D eigenvalue weighted by Crippen LogP contribution is 2.46. The van der Waals surface area contributed by atoms with Gasteiger partial charge in [-0.2, -0.15) is 0 Å². The molecule has 5 aromatic rings. The second-order valence-corrected chi connectivity index (χ2v) is 15.2. The zero-order chi connectivity index (χ0) is 34.4. The van der Waals surface area contributed by atoms with E-state index in [9.17, 15) is 18.4 Å². The number of anilines is 4. The third-order valence-corrected chi connectivity index (χ3v) is 12.0. The number of carbonyl (C=O) groups excluding carboxylic acids is 2. The number of rotatable bonds is 7. The normalized spacial score (nSPS) is 16.3. The lowest BCUT2D eigenvalue weighted by molar-refractivity contribution is -0.000505. The summed E-state index contributed by atoms with van der Waals surface area (Å²) in [5.74, 6) is -1.08. The molecule has 2 N–H and O–H groups in total. The maximum Gasteiger partial charge on any atom is 0.265 e. The molecule has 1 spiro atoms. The summed E-state index contributed by atoms with van der Waals surface area (Å²) in [6.07, 6.45) is 4.70. The molecule has 12 heteroatoms. The maximum atomic E-state index is 14.2. The van der Waals surface area contributed by atoms with Crippen LogP contribution in [0.4, 0.5) is 31.7 Å². The van der Waals surface area contributed by atoms with Gasteiger partial charge in [0.2, 0.25) is 0 Å². The van der Waals surface area contributed by atoms with Gasteiger partial charge in [-0.25, -0.2) is 13.8 Å².